The van der Waals surface area contributed by atoms with Crippen molar-refractivity contribution in [1.82, 2.24) is 14.9 Å². The first-order chi connectivity index (χ1) is 15.3. The fourth-order valence-corrected chi connectivity index (χ4v) is 5.15. The number of halogens is 3. The smallest absolute Gasteiger partial charge is 0.471 e. The molecule has 1 aromatic heterocycles. The number of fused-ring (bicyclic) bond motifs is 4. The van der Waals surface area contributed by atoms with Gasteiger partial charge in [-0.1, -0.05) is 20.8 Å². The first-order valence-corrected chi connectivity index (χ1v) is 10.6. The topological polar surface area (TPSA) is 95.4 Å². The minimum absolute atomic E-state index is 0.0239. The number of aryl methyl sites for hydroxylation is 1. The first kappa shape index (κ1) is 23.0. The average molecular weight is 462 g/mol. The van der Waals surface area contributed by atoms with Gasteiger partial charge in [0.25, 0.3) is 5.91 Å². The number of piperidine rings is 1. The van der Waals surface area contributed by atoms with Crippen LogP contribution in [0.5, 0.6) is 5.75 Å². The molecule has 1 fully saturated rings. The zero-order valence-corrected chi connectivity index (χ0v) is 18.7. The molecule has 2 N–H and O–H groups in total. The lowest BCUT2D eigenvalue weighted by atomic mass is 9.51. The molecule has 176 valence electrons. The number of nitrogens with one attached hydrogen (secondary N) is 1. The summed E-state index contributed by atoms with van der Waals surface area (Å²) in [5.41, 5.74) is 1.17. The van der Waals surface area contributed by atoms with Gasteiger partial charge in [0.05, 0.1) is 17.6 Å². The molecule has 2 amide bonds. The Morgan fingerprint density at radius 2 is 1.88 bits per heavy atom. The van der Waals surface area contributed by atoms with Crippen LogP contribution in [0.1, 0.15) is 54.5 Å². The molecule has 2 heterocycles. The molecule has 1 aliphatic heterocycles. The molecule has 7 nitrogen and oxygen atoms in total. The van der Waals surface area contributed by atoms with E-state index in [0.717, 1.165) is 10.5 Å². The maximum Gasteiger partial charge on any atom is 0.471 e. The van der Waals surface area contributed by atoms with Gasteiger partial charge in [-0.3, -0.25) is 14.6 Å². The number of anilines is 1. The summed E-state index contributed by atoms with van der Waals surface area (Å²) in [4.78, 5) is 33.7. The van der Waals surface area contributed by atoms with Gasteiger partial charge in [0.1, 0.15) is 11.4 Å². The van der Waals surface area contributed by atoms with E-state index in [1.165, 1.54) is 18.5 Å². The molecular formula is C23H25F3N4O3. The van der Waals surface area contributed by atoms with E-state index in [2.05, 4.69) is 15.3 Å². The predicted octanol–water partition coefficient (Wildman–Crippen LogP) is 3.75. The number of benzene rings is 1. The number of carbonyl (C=O) groups excluding carboxylic acids is 2. The molecule has 33 heavy (non-hydrogen) atoms. The zero-order chi connectivity index (χ0) is 24.3. The number of rotatable bonds is 2. The summed E-state index contributed by atoms with van der Waals surface area (Å²) in [6.07, 6.45) is -1.67. The zero-order valence-electron chi connectivity index (χ0n) is 18.7. The Hall–Kier alpha value is -3.17. The fourth-order valence-electron chi connectivity index (χ4n) is 5.15. The van der Waals surface area contributed by atoms with Crippen LogP contribution >= 0.6 is 0 Å². The number of hydrogen-bond acceptors (Lipinski definition) is 5. The van der Waals surface area contributed by atoms with E-state index >= 15 is 0 Å². The van der Waals surface area contributed by atoms with Crippen LogP contribution < -0.4 is 5.32 Å². The van der Waals surface area contributed by atoms with Gasteiger partial charge in [-0.25, -0.2) is 4.98 Å². The third-order valence-electron chi connectivity index (χ3n) is 7.48. The van der Waals surface area contributed by atoms with Crippen LogP contribution in [-0.4, -0.2) is 50.6 Å². The molecular weight excluding hydrogens is 437 g/mol. The number of alkyl halides is 3. The van der Waals surface area contributed by atoms with Crippen molar-refractivity contribution in [2.75, 3.05) is 11.9 Å². The Bertz CT molecular complexity index is 1130. The van der Waals surface area contributed by atoms with Crippen LogP contribution in [-0.2, 0) is 16.6 Å². The molecule has 10 heteroatoms. The van der Waals surface area contributed by atoms with Crippen molar-refractivity contribution in [3.63, 3.8) is 0 Å². The van der Waals surface area contributed by atoms with Crippen LogP contribution in [0.4, 0.5) is 18.9 Å². The summed E-state index contributed by atoms with van der Waals surface area (Å²) in [5, 5.41) is 13.2. The van der Waals surface area contributed by atoms with Gasteiger partial charge < -0.3 is 15.3 Å². The number of aromatic nitrogens is 2. The van der Waals surface area contributed by atoms with Gasteiger partial charge in [-0.05, 0) is 48.4 Å². The summed E-state index contributed by atoms with van der Waals surface area (Å²) in [6.45, 7) is 7.41. The predicted molar refractivity (Wildman–Crippen MR) is 114 cm³/mol. The molecule has 4 rings (SSSR count). The number of hydrogen-bond donors (Lipinski definition) is 2. The van der Waals surface area contributed by atoms with Crippen molar-refractivity contribution >= 4 is 17.5 Å². The minimum atomic E-state index is -4.95. The molecule has 1 aromatic carbocycles. The number of phenolic OH excluding ortho intramolecular Hbond substituents is 1. The Balaban J connectivity index is 1.71. The van der Waals surface area contributed by atoms with Crippen LogP contribution in [0, 0.1) is 12.3 Å². The van der Waals surface area contributed by atoms with Gasteiger partial charge in [0.15, 0.2) is 0 Å². The van der Waals surface area contributed by atoms with E-state index in [1.54, 1.807) is 13.0 Å². The van der Waals surface area contributed by atoms with E-state index in [4.69, 9.17) is 0 Å². The van der Waals surface area contributed by atoms with E-state index in [9.17, 15) is 27.9 Å². The highest BCUT2D eigenvalue weighted by atomic mass is 19.4. The van der Waals surface area contributed by atoms with Crippen molar-refractivity contribution < 1.29 is 27.9 Å². The highest BCUT2D eigenvalue weighted by Crippen LogP contribution is 2.57. The third kappa shape index (κ3) is 3.61. The summed E-state index contributed by atoms with van der Waals surface area (Å²) in [6, 6.07) is 2.47. The Morgan fingerprint density at radius 1 is 1.18 bits per heavy atom. The Labute approximate surface area is 189 Å². The monoisotopic (exact) mass is 462 g/mol. The molecule has 0 spiro atoms. The summed E-state index contributed by atoms with van der Waals surface area (Å²) in [7, 11) is 0. The normalized spacial score (nSPS) is 23.6. The standard InChI is InChI=1S/C23H25F3N4O3/c1-12-10-28-16(11-27-12)19(32)29-15-9-14-13(7-17(15)31)8-18-21(2,3)22(14,4)5-6-30(18)20(33)23(24,25)26/h7,9-11,18,31H,5-6,8H2,1-4H3,(H,29,32)/t18-,22+/m1/s1. The maximum atomic E-state index is 13.2. The lowest BCUT2D eigenvalue weighted by Gasteiger charge is -2.60. The lowest BCUT2D eigenvalue weighted by molar-refractivity contribution is -0.195. The SMILES string of the molecule is Cc1cnc(C(=O)Nc2cc3c(cc2O)C[C@H]2N(C(=O)C(F)(F)F)CC[C@]3(C)C2(C)C)cn1. The van der Waals surface area contributed by atoms with Crippen molar-refractivity contribution in [2.45, 2.75) is 58.2 Å². The van der Waals surface area contributed by atoms with Gasteiger partial charge in [0, 0.05) is 24.2 Å². The maximum absolute atomic E-state index is 13.2. The molecule has 0 unspecified atom stereocenters. The second kappa shape index (κ2) is 7.43. The van der Waals surface area contributed by atoms with E-state index in [1.807, 2.05) is 20.8 Å². The van der Waals surface area contributed by atoms with Gasteiger partial charge in [-0.15, -0.1) is 0 Å². The Morgan fingerprint density at radius 3 is 2.48 bits per heavy atom. The van der Waals surface area contributed by atoms with Gasteiger partial charge >= 0.3 is 12.1 Å². The van der Waals surface area contributed by atoms with E-state index in [0.29, 0.717) is 17.7 Å². The molecule has 1 aliphatic carbocycles. The molecule has 0 saturated carbocycles. The number of amides is 2. The molecule has 2 bridgehead atoms. The first-order valence-electron chi connectivity index (χ1n) is 10.6. The quantitative estimate of drug-likeness (QED) is 0.663. The second-order valence-electron chi connectivity index (χ2n) is 9.54. The third-order valence-corrected chi connectivity index (χ3v) is 7.48. The van der Waals surface area contributed by atoms with Crippen LogP contribution in [0.25, 0.3) is 0 Å². The number of phenols is 1. The molecule has 2 atom stereocenters. The van der Waals surface area contributed by atoms with Crippen LogP contribution in [0.3, 0.4) is 0 Å². The average Bonchev–Trinajstić information content (AvgIpc) is 2.71. The second-order valence-corrected chi connectivity index (χ2v) is 9.54. The Kier molecular flexibility index (Phi) is 5.18. The minimum Gasteiger partial charge on any atom is -0.506 e. The summed E-state index contributed by atoms with van der Waals surface area (Å²) < 4.78 is 39.7. The summed E-state index contributed by atoms with van der Waals surface area (Å²) >= 11 is 0. The molecule has 2 aromatic rings. The highest BCUT2D eigenvalue weighted by molar-refractivity contribution is 6.03. The lowest BCUT2D eigenvalue weighted by Crippen LogP contribution is -2.66. The van der Waals surface area contributed by atoms with Crippen LogP contribution in [0.15, 0.2) is 24.5 Å². The number of aromatic hydroxyl groups is 1. The number of likely N-dealkylation sites (tertiary alicyclic amines) is 1. The largest absolute Gasteiger partial charge is 0.506 e. The fraction of sp³-hybridized carbons (Fsp3) is 0.478. The van der Waals surface area contributed by atoms with Crippen molar-refractivity contribution in [1.29, 1.82) is 0 Å². The summed E-state index contributed by atoms with van der Waals surface area (Å²) in [5.74, 6) is -2.59. The number of nitrogens with zero attached hydrogens (tertiary/aromatic N) is 3. The van der Waals surface area contributed by atoms with Gasteiger partial charge in [-0.2, -0.15) is 13.2 Å². The van der Waals surface area contributed by atoms with E-state index in [-0.39, 0.29) is 30.1 Å². The number of carbonyl (C=O) groups is 2. The molecule has 1 saturated heterocycles. The van der Waals surface area contributed by atoms with Crippen LogP contribution in [0.2, 0.25) is 0 Å². The van der Waals surface area contributed by atoms with Gasteiger partial charge in [0.2, 0.25) is 0 Å². The van der Waals surface area contributed by atoms with Crippen molar-refractivity contribution in [3.8, 4) is 5.75 Å². The highest BCUT2D eigenvalue weighted by Gasteiger charge is 2.59. The molecule has 0 radical (unpaired) electrons. The van der Waals surface area contributed by atoms with Crippen molar-refractivity contribution in [3.05, 3.63) is 47.0 Å². The molecule has 2 aliphatic rings. The van der Waals surface area contributed by atoms with E-state index < -0.39 is 34.9 Å². The van der Waals surface area contributed by atoms with Crippen molar-refractivity contribution in [2.24, 2.45) is 5.41 Å².